The molecule has 26 heavy (non-hydrogen) atoms. The molecule has 2 aromatic heterocycles. The molecule has 0 bridgehead atoms. The van der Waals surface area contributed by atoms with Crippen molar-refractivity contribution >= 4 is 35.0 Å². The van der Waals surface area contributed by atoms with Crippen molar-refractivity contribution in [1.82, 2.24) is 15.3 Å². The highest BCUT2D eigenvalue weighted by atomic mass is 32.1. The van der Waals surface area contributed by atoms with Gasteiger partial charge in [-0.3, -0.25) is 5.32 Å². The van der Waals surface area contributed by atoms with Gasteiger partial charge in [0.1, 0.15) is 0 Å². The zero-order chi connectivity index (χ0) is 19.1. The first-order chi connectivity index (χ1) is 12.5. The van der Waals surface area contributed by atoms with Gasteiger partial charge in [-0.2, -0.15) is 9.97 Å². The largest absolute Gasteiger partial charge is 0.481 e. The molecule has 10 nitrogen and oxygen atoms in total. The monoisotopic (exact) mass is 381 g/mol. The molecule has 2 aromatic rings. The first kappa shape index (κ1) is 19.2. The summed E-state index contributed by atoms with van der Waals surface area (Å²) in [6.45, 7) is 1.93. The molecule has 0 atom stereocenters. The maximum atomic E-state index is 12.0. The molecule has 0 saturated carbocycles. The van der Waals surface area contributed by atoms with E-state index < -0.39 is 12.0 Å². The summed E-state index contributed by atoms with van der Waals surface area (Å²) in [6, 6.07) is 0.943. The number of nitrogens with one attached hydrogen (secondary N) is 3. The normalized spacial score (nSPS) is 10.0. The third-order valence-corrected chi connectivity index (χ3v) is 4.13. The number of carbonyl (C=O) groups is 2. The summed E-state index contributed by atoms with van der Waals surface area (Å²) in [5.41, 5.74) is 1.03. The SMILES string of the molecule is COC(=O)c1csc(C)c1NCNC(=O)Nc1nc(OC)cc(OC)n1. The van der Waals surface area contributed by atoms with E-state index in [1.807, 2.05) is 6.92 Å². The Morgan fingerprint density at radius 2 is 1.81 bits per heavy atom. The van der Waals surface area contributed by atoms with E-state index in [1.165, 1.54) is 38.7 Å². The Labute approximate surface area is 153 Å². The number of urea groups is 1. The number of amides is 2. The van der Waals surface area contributed by atoms with E-state index in [-0.39, 0.29) is 24.4 Å². The summed E-state index contributed by atoms with van der Waals surface area (Å²) in [5.74, 6) is 0.0858. The summed E-state index contributed by atoms with van der Waals surface area (Å²) in [4.78, 5) is 32.6. The molecule has 0 radical (unpaired) electrons. The number of hydrogen-bond donors (Lipinski definition) is 3. The van der Waals surface area contributed by atoms with Crippen molar-refractivity contribution in [2.75, 3.05) is 38.6 Å². The second-order valence-electron chi connectivity index (χ2n) is 4.83. The minimum absolute atomic E-state index is 0.0284. The number of aromatic nitrogens is 2. The zero-order valence-electron chi connectivity index (χ0n) is 14.7. The number of thiophene rings is 1. The Hall–Kier alpha value is -3.08. The van der Waals surface area contributed by atoms with Gasteiger partial charge in [-0.25, -0.2) is 9.59 Å². The van der Waals surface area contributed by atoms with Crippen LogP contribution in [0.3, 0.4) is 0 Å². The van der Waals surface area contributed by atoms with Crippen LogP contribution in [0.25, 0.3) is 0 Å². The van der Waals surface area contributed by atoms with E-state index in [0.29, 0.717) is 11.3 Å². The van der Waals surface area contributed by atoms with Crippen molar-refractivity contribution in [3.63, 3.8) is 0 Å². The van der Waals surface area contributed by atoms with Crippen molar-refractivity contribution in [2.24, 2.45) is 0 Å². The molecule has 140 valence electrons. The van der Waals surface area contributed by atoms with Gasteiger partial charge in [-0.1, -0.05) is 0 Å². The molecule has 2 amide bonds. The fraction of sp³-hybridized carbons (Fsp3) is 0.333. The zero-order valence-corrected chi connectivity index (χ0v) is 15.5. The Bertz CT molecular complexity index is 772. The number of carbonyl (C=O) groups excluding carboxylic acids is 2. The van der Waals surface area contributed by atoms with Gasteiger partial charge in [0, 0.05) is 10.3 Å². The van der Waals surface area contributed by atoms with Crippen molar-refractivity contribution < 1.29 is 23.8 Å². The van der Waals surface area contributed by atoms with Crippen LogP contribution in [0, 0.1) is 6.92 Å². The van der Waals surface area contributed by atoms with Crippen LogP contribution >= 0.6 is 11.3 Å². The summed E-state index contributed by atoms with van der Waals surface area (Å²) in [7, 11) is 4.20. The highest BCUT2D eigenvalue weighted by Gasteiger charge is 2.16. The Balaban J connectivity index is 1.94. The molecular formula is C15H19N5O5S. The smallest absolute Gasteiger partial charge is 0.340 e. The number of hydrogen-bond acceptors (Lipinski definition) is 9. The van der Waals surface area contributed by atoms with Crippen LogP contribution in [0.2, 0.25) is 0 Å². The number of rotatable bonds is 7. The highest BCUT2D eigenvalue weighted by Crippen LogP contribution is 2.27. The van der Waals surface area contributed by atoms with Crippen LogP contribution in [0.15, 0.2) is 11.4 Å². The van der Waals surface area contributed by atoms with Gasteiger partial charge in [0.2, 0.25) is 17.7 Å². The maximum absolute atomic E-state index is 12.0. The molecule has 0 aliphatic carbocycles. The standard InChI is InChI=1S/C15H19N5O5S/c1-8-12(9(6-26-8)13(21)25-4)16-7-17-15(22)20-14-18-10(23-2)5-11(19-14)24-3/h5-6,16H,7H2,1-4H3,(H2,17,18,19,20,22). The van der Waals surface area contributed by atoms with Gasteiger partial charge >= 0.3 is 12.0 Å². The van der Waals surface area contributed by atoms with Gasteiger partial charge in [-0.05, 0) is 6.92 Å². The average molecular weight is 381 g/mol. The molecule has 0 spiro atoms. The molecule has 0 aliphatic rings. The van der Waals surface area contributed by atoms with Crippen LogP contribution < -0.4 is 25.4 Å². The maximum Gasteiger partial charge on any atom is 0.340 e. The van der Waals surface area contributed by atoms with E-state index in [0.717, 1.165) is 4.88 Å². The lowest BCUT2D eigenvalue weighted by Crippen LogP contribution is -2.33. The van der Waals surface area contributed by atoms with Gasteiger partial charge in [0.05, 0.1) is 45.3 Å². The number of ether oxygens (including phenoxy) is 3. The van der Waals surface area contributed by atoms with Gasteiger partial charge < -0.3 is 24.8 Å². The minimum Gasteiger partial charge on any atom is -0.481 e. The number of methoxy groups -OCH3 is 3. The topological polar surface area (TPSA) is 124 Å². The highest BCUT2D eigenvalue weighted by molar-refractivity contribution is 7.10. The minimum atomic E-state index is -0.541. The third-order valence-electron chi connectivity index (χ3n) is 3.22. The number of esters is 1. The first-order valence-corrected chi connectivity index (χ1v) is 8.28. The van der Waals surface area contributed by atoms with E-state index in [4.69, 9.17) is 14.2 Å². The van der Waals surface area contributed by atoms with Crippen LogP contribution in [-0.4, -0.2) is 50.0 Å². The third kappa shape index (κ3) is 4.72. The lowest BCUT2D eigenvalue weighted by molar-refractivity contribution is 0.0602. The van der Waals surface area contributed by atoms with Crippen LogP contribution in [0.1, 0.15) is 15.2 Å². The molecule has 0 aliphatic heterocycles. The second kappa shape index (κ2) is 8.85. The number of aryl methyl sites for hydroxylation is 1. The van der Waals surface area contributed by atoms with Crippen molar-refractivity contribution in [3.8, 4) is 11.8 Å². The van der Waals surface area contributed by atoms with Crippen LogP contribution in [0.4, 0.5) is 16.4 Å². The lowest BCUT2D eigenvalue weighted by Gasteiger charge is -2.11. The molecule has 2 heterocycles. The second-order valence-corrected chi connectivity index (χ2v) is 5.92. The Kier molecular flexibility index (Phi) is 6.55. The lowest BCUT2D eigenvalue weighted by atomic mass is 10.2. The van der Waals surface area contributed by atoms with E-state index in [2.05, 4.69) is 25.9 Å². The van der Waals surface area contributed by atoms with Gasteiger partial charge in [0.25, 0.3) is 0 Å². The molecule has 0 fully saturated rings. The molecule has 0 unspecified atom stereocenters. The predicted molar refractivity (Wildman–Crippen MR) is 96.2 cm³/mol. The average Bonchev–Trinajstić information content (AvgIpc) is 3.01. The fourth-order valence-electron chi connectivity index (χ4n) is 1.96. The quantitative estimate of drug-likeness (QED) is 0.490. The van der Waals surface area contributed by atoms with Crippen LogP contribution in [0.5, 0.6) is 11.8 Å². The fourth-order valence-corrected chi connectivity index (χ4v) is 2.77. The van der Waals surface area contributed by atoms with Crippen molar-refractivity contribution in [1.29, 1.82) is 0 Å². The summed E-state index contributed by atoms with van der Waals surface area (Å²) < 4.78 is 14.7. The molecule has 11 heteroatoms. The van der Waals surface area contributed by atoms with Crippen LogP contribution in [-0.2, 0) is 4.74 Å². The Morgan fingerprint density at radius 3 is 2.38 bits per heavy atom. The summed E-state index contributed by atoms with van der Waals surface area (Å²) in [5, 5.41) is 9.74. The predicted octanol–water partition coefficient (Wildman–Crippen LogP) is 1.84. The van der Waals surface area contributed by atoms with E-state index in [9.17, 15) is 9.59 Å². The van der Waals surface area contributed by atoms with Gasteiger partial charge in [0.15, 0.2) is 0 Å². The molecule has 2 rings (SSSR count). The first-order valence-electron chi connectivity index (χ1n) is 7.40. The molecular weight excluding hydrogens is 362 g/mol. The van der Waals surface area contributed by atoms with Crippen molar-refractivity contribution in [3.05, 3.63) is 21.9 Å². The molecule has 0 aromatic carbocycles. The van der Waals surface area contributed by atoms with E-state index in [1.54, 1.807) is 5.38 Å². The molecule has 0 saturated heterocycles. The number of nitrogens with zero attached hydrogens (tertiary/aromatic N) is 2. The summed E-state index contributed by atoms with van der Waals surface area (Å²) >= 11 is 1.40. The number of anilines is 2. The summed E-state index contributed by atoms with van der Waals surface area (Å²) in [6.07, 6.45) is 0. The van der Waals surface area contributed by atoms with Crippen molar-refractivity contribution in [2.45, 2.75) is 6.92 Å². The van der Waals surface area contributed by atoms with E-state index >= 15 is 0 Å². The Morgan fingerprint density at radius 1 is 1.15 bits per heavy atom. The van der Waals surface area contributed by atoms with Gasteiger partial charge in [-0.15, -0.1) is 11.3 Å². The molecule has 3 N–H and O–H groups in total.